The summed E-state index contributed by atoms with van der Waals surface area (Å²) in [6.45, 7) is 2.40. The van der Waals surface area contributed by atoms with Crippen molar-refractivity contribution in [3.63, 3.8) is 0 Å². The maximum absolute atomic E-state index is 5.03. The number of alkyl halides is 1. The van der Waals surface area contributed by atoms with Crippen LogP contribution in [0.3, 0.4) is 0 Å². The maximum atomic E-state index is 5.03. The Balaban J connectivity index is 2.86. The third-order valence-electron chi connectivity index (χ3n) is 0.688. The van der Waals surface area contributed by atoms with Crippen molar-refractivity contribution in [3.8, 4) is 0 Å². The van der Waals surface area contributed by atoms with Crippen LogP contribution in [0.2, 0.25) is 0 Å². The third kappa shape index (κ3) is 4.56. The molecule has 0 spiro atoms. The highest BCUT2D eigenvalue weighted by Crippen LogP contribution is 2.04. The highest BCUT2D eigenvalue weighted by atomic mass is 79.9. The molecular formula is C5H11BrO2. The molecule has 50 valence electrons. The quantitative estimate of drug-likeness (QED) is 0.488. The SMILES string of the molecule is CCC(Br)OCOC. The van der Waals surface area contributed by atoms with Gasteiger partial charge in [-0.15, -0.1) is 0 Å². The summed E-state index contributed by atoms with van der Waals surface area (Å²) in [6.07, 6.45) is 0.962. The molecule has 0 aliphatic heterocycles. The van der Waals surface area contributed by atoms with Gasteiger partial charge in [0.1, 0.15) is 11.8 Å². The first-order valence-electron chi connectivity index (χ1n) is 2.55. The van der Waals surface area contributed by atoms with Gasteiger partial charge in [-0.3, -0.25) is 0 Å². The smallest absolute Gasteiger partial charge is 0.147 e. The predicted octanol–water partition coefficient (Wildman–Crippen LogP) is 1.74. The second-order valence-electron chi connectivity index (χ2n) is 1.39. The average molecular weight is 183 g/mol. The Morgan fingerprint density at radius 2 is 2.25 bits per heavy atom. The molecule has 0 aliphatic rings. The van der Waals surface area contributed by atoms with E-state index in [4.69, 9.17) is 4.74 Å². The summed E-state index contributed by atoms with van der Waals surface area (Å²) in [6, 6.07) is 0. The standard InChI is InChI=1S/C5H11BrO2/c1-3-5(6)8-4-7-2/h5H,3-4H2,1-2H3. The molecule has 0 fully saturated rings. The van der Waals surface area contributed by atoms with Crippen LogP contribution in [-0.2, 0) is 9.47 Å². The van der Waals surface area contributed by atoms with Gasteiger partial charge in [0.2, 0.25) is 0 Å². The van der Waals surface area contributed by atoms with Crippen LogP contribution in [0.15, 0.2) is 0 Å². The van der Waals surface area contributed by atoms with Crippen molar-refractivity contribution in [3.05, 3.63) is 0 Å². The summed E-state index contributed by atoms with van der Waals surface area (Å²) >= 11 is 3.28. The van der Waals surface area contributed by atoms with Gasteiger partial charge in [0.15, 0.2) is 0 Å². The van der Waals surface area contributed by atoms with Crippen LogP contribution >= 0.6 is 15.9 Å². The van der Waals surface area contributed by atoms with Gasteiger partial charge in [-0.2, -0.15) is 0 Å². The number of halogens is 1. The predicted molar refractivity (Wildman–Crippen MR) is 36.0 cm³/mol. The molecular weight excluding hydrogens is 172 g/mol. The third-order valence-corrected chi connectivity index (χ3v) is 1.60. The molecule has 1 atom stereocenters. The van der Waals surface area contributed by atoms with Gasteiger partial charge in [0.25, 0.3) is 0 Å². The molecule has 0 saturated carbocycles. The van der Waals surface area contributed by atoms with Crippen LogP contribution in [-0.4, -0.2) is 18.9 Å². The highest BCUT2D eigenvalue weighted by Gasteiger charge is 1.96. The van der Waals surface area contributed by atoms with Crippen LogP contribution < -0.4 is 0 Å². The van der Waals surface area contributed by atoms with E-state index in [1.54, 1.807) is 7.11 Å². The van der Waals surface area contributed by atoms with Gasteiger partial charge < -0.3 is 9.47 Å². The summed E-state index contributed by atoms with van der Waals surface area (Å²) in [7, 11) is 1.61. The van der Waals surface area contributed by atoms with E-state index in [-0.39, 0.29) is 5.01 Å². The number of methoxy groups -OCH3 is 1. The summed E-state index contributed by atoms with van der Waals surface area (Å²) < 4.78 is 9.70. The van der Waals surface area contributed by atoms with Gasteiger partial charge >= 0.3 is 0 Å². The topological polar surface area (TPSA) is 18.5 Å². The van der Waals surface area contributed by atoms with E-state index in [9.17, 15) is 0 Å². The molecule has 0 radical (unpaired) electrons. The molecule has 2 nitrogen and oxygen atoms in total. The summed E-state index contributed by atoms with van der Waals surface area (Å²) in [5.41, 5.74) is 0. The van der Waals surface area contributed by atoms with E-state index in [1.807, 2.05) is 6.92 Å². The fourth-order valence-corrected chi connectivity index (χ4v) is 0.368. The lowest BCUT2D eigenvalue weighted by Gasteiger charge is -2.05. The minimum absolute atomic E-state index is 0.141. The molecule has 0 saturated heterocycles. The lowest BCUT2D eigenvalue weighted by molar-refractivity contribution is -0.0401. The number of ether oxygens (including phenoxy) is 2. The Labute approximate surface area is 58.3 Å². The molecule has 0 rings (SSSR count). The van der Waals surface area contributed by atoms with Gasteiger partial charge in [0, 0.05) is 7.11 Å². The minimum atomic E-state index is 0.141. The average Bonchev–Trinajstić information content (AvgIpc) is 1.83. The van der Waals surface area contributed by atoms with Crippen LogP contribution in [0.5, 0.6) is 0 Å². The van der Waals surface area contributed by atoms with E-state index in [0.717, 1.165) is 6.42 Å². The van der Waals surface area contributed by atoms with Crippen molar-refractivity contribution in [1.29, 1.82) is 0 Å². The molecule has 0 amide bonds. The van der Waals surface area contributed by atoms with Gasteiger partial charge in [-0.25, -0.2) is 0 Å². The number of rotatable bonds is 4. The van der Waals surface area contributed by atoms with Crippen molar-refractivity contribution in [1.82, 2.24) is 0 Å². The molecule has 0 aromatic rings. The zero-order chi connectivity index (χ0) is 6.41. The lowest BCUT2D eigenvalue weighted by Crippen LogP contribution is -2.04. The van der Waals surface area contributed by atoms with Crippen LogP contribution in [0.1, 0.15) is 13.3 Å². The van der Waals surface area contributed by atoms with E-state index in [1.165, 1.54) is 0 Å². The molecule has 0 bridgehead atoms. The minimum Gasteiger partial charge on any atom is -0.359 e. The van der Waals surface area contributed by atoms with E-state index in [0.29, 0.717) is 6.79 Å². The zero-order valence-electron chi connectivity index (χ0n) is 5.19. The number of hydrogen-bond acceptors (Lipinski definition) is 2. The molecule has 3 heteroatoms. The molecule has 1 unspecified atom stereocenters. The van der Waals surface area contributed by atoms with Crippen molar-refractivity contribution in [2.75, 3.05) is 13.9 Å². The fraction of sp³-hybridized carbons (Fsp3) is 1.00. The number of hydrogen-bond donors (Lipinski definition) is 0. The molecule has 0 N–H and O–H groups in total. The molecule has 0 aromatic carbocycles. The van der Waals surface area contributed by atoms with Crippen molar-refractivity contribution < 1.29 is 9.47 Å². The second-order valence-corrected chi connectivity index (χ2v) is 2.41. The van der Waals surface area contributed by atoms with Gasteiger partial charge in [-0.05, 0) is 6.42 Å². The van der Waals surface area contributed by atoms with Crippen LogP contribution in [0.25, 0.3) is 0 Å². The van der Waals surface area contributed by atoms with E-state index in [2.05, 4.69) is 20.7 Å². The van der Waals surface area contributed by atoms with Crippen LogP contribution in [0.4, 0.5) is 0 Å². The molecule has 0 aliphatic carbocycles. The Morgan fingerprint density at radius 1 is 1.62 bits per heavy atom. The van der Waals surface area contributed by atoms with E-state index < -0.39 is 0 Å². The highest BCUT2D eigenvalue weighted by molar-refractivity contribution is 9.09. The first kappa shape index (κ1) is 8.40. The van der Waals surface area contributed by atoms with Gasteiger partial charge in [0.05, 0.1) is 0 Å². The Kier molecular flexibility index (Phi) is 5.81. The fourth-order valence-electron chi connectivity index (χ4n) is 0.260. The van der Waals surface area contributed by atoms with Gasteiger partial charge in [-0.1, -0.05) is 22.9 Å². The molecule has 0 heterocycles. The van der Waals surface area contributed by atoms with E-state index >= 15 is 0 Å². The first-order chi connectivity index (χ1) is 3.81. The van der Waals surface area contributed by atoms with Crippen molar-refractivity contribution in [2.24, 2.45) is 0 Å². The summed E-state index contributed by atoms with van der Waals surface area (Å²) in [4.78, 5) is 0. The largest absolute Gasteiger partial charge is 0.359 e. The summed E-state index contributed by atoms with van der Waals surface area (Å²) in [5, 5.41) is 0.141. The van der Waals surface area contributed by atoms with Crippen molar-refractivity contribution in [2.45, 2.75) is 18.4 Å². The Bertz CT molecular complexity index is 49.7. The Hall–Kier alpha value is 0.400. The maximum Gasteiger partial charge on any atom is 0.147 e. The molecule has 0 aromatic heterocycles. The normalized spacial score (nSPS) is 13.9. The Morgan fingerprint density at radius 3 is 2.62 bits per heavy atom. The molecule has 8 heavy (non-hydrogen) atoms. The first-order valence-corrected chi connectivity index (χ1v) is 3.47. The summed E-state index contributed by atoms with van der Waals surface area (Å²) in [5.74, 6) is 0. The monoisotopic (exact) mass is 182 g/mol. The lowest BCUT2D eigenvalue weighted by atomic mass is 10.5. The van der Waals surface area contributed by atoms with Crippen LogP contribution in [0, 0.1) is 0 Å². The second kappa shape index (κ2) is 5.54. The zero-order valence-corrected chi connectivity index (χ0v) is 6.77. The van der Waals surface area contributed by atoms with Crippen molar-refractivity contribution >= 4 is 15.9 Å².